The summed E-state index contributed by atoms with van der Waals surface area (Å²) in [7, 11) is -7.57. The highest BCUT2D eigenvalue weighted by Gasteiger charge is 2.60. The van der Waals surface area contributed by atoms with Crippen molar-refractivity contribution >= 4 is 25.7 Å². The molecule has 1 saturated heterocycles. The van der Waals surface area contributed by atoms with E-state index in [9.17, 15) is 0 Å². The fraction of sp³-hybridized carbons (Fsp3) is 1.00. The molecule has 1 aliphatic rings. The van der Waals surface area contributed by atoms with Crippen LogP contribution < -0.4 is 0 Å². The highest BCUT2D eigenvalue weighted by Crippen LogP contribution is 2.46. The third-order valence-corrected chi connectivity index (χ3v) is 34.2. The third-order valence-electron chi connectivity index (χ3n) is 18.6. The lowest BCUT2D eigenvalue weighted by atomic mass is 10.1. The molecule has 0 saturated carbocycles. The van der Waals surface area contributed by atoms with Gasteiger partial charge in [-0.05, 0) is 36.3 Å². The highest BCUT2D eigenvalue weighted by molar-refractivity contribution is 6.94. The Morgan fingerprint density at radius 1 is 0.128 bits per heavy atom. The van der Waals surface area contributed by atoms with Crippen LogP contribution in [0, 0.1) is 0 Å². The molecule has 0 aromatic carbocycles. The van der Waals surface area contributed by atoms with Crippen molar-refractivity contribution < 1.29 is 12.3 Å². The first-order valence-corrected chi connectivity index (χ1v) is 44.3. The Morgan fingerprint density at radius 2 is 0.218 bits per heavy atom. The molecular weight excluding hydrogens is 997 g/mol. The van der Waals surface area contributed by atoms with E-state index in [1.165, 1.54) is 422 Å². The fourth-order valence-corrected chi connectivity index (χ4v) is 33.5. The average molecular weight is 1150 g/mol. The summed E-state index contributed by atoms with van der Waals surface area (Å²) < 4.78 is 24.9. The number of hydrogen-bond donors (Lipinski definition) is 0. The molecule has 0 N–H and O–H groups in total. The van der Waals surface area contributed by atoms with Crippen LogP contribution in [0.1, 0.15) is 427 Å². The zero-order valence-electron chi connectivity index (χ0n) is 55.4. The predicted octanol–water partition coefficient (Wildman–Crippen LogP) is 27.9. The van der Waals surface area contributed by atoms with E-state index in [1.807, 2.05) is 0 Å². The molecule has 0 aromatic heterocycles. The first-order chi connectivity index (χ1) is 38.5. The number of unbranched alkanes of at least 4 members (excludes halogenated alkanes) is 54. The second kappa shape index (κ2) is 59.3. The van der Waals surface area contributed by atoms with E-state index < -0.39 is 25.7 Å². The Bertz CT molecular complexity index is 930. The molecule has 1 rings (SSSR count). The first-order valence-electron chi connectivity index (χ1n) is 37.6. The van der Waals surface area contributed by atoms with Gasteiger partial charge in [-0.25, -0.2) is 0 Å². The van der Waals surface area contributed by atoms with Crippen molar-refractivity contribution in [3.05, 3.63) is 0 Å². The lowest BCUT2D eigenvalue weighted by molar-refractivity contribution is 0.201. The summed E-state index contributed by atoms with van der Waals surface area (Å²) in [6.45, 7) is 14.1. The Kier molecular flexibility index (Phi) is 58.2. The highest BCUT2D eigenvalue weighted by atomic mass is 28.5. The van der Waals surface area contributed by atoms with E-state index in [0.717, 1.165) is 0 Å². The van der Waals surface area contributed by atoms with E-state index in [0.29, 0.717) is 0 Å². The van der Waals surface area contributed by atoms with Crippen molar-refractivity contribution in [2.45, 2.75) is 463 Å². The van der Waals surface area contributed by atoms with Gasteiger partial charge >= 0.3 is 25.7 Å². The molecule has 468 valence electrons. The molecule has 1 heterocycles. The molecule has 0 atom stereocenters. The fourth-order valence-electron chi connectivity index (χ4n) is 13.4. The quantitative estimate of drug-likeness (QED) is 0.0449. The van der Waals surface area contributed by atoms with Crippen molar-refractivity contribution in [1.82, 2.24) is 0 Å². The molecule has 0 spiro atoms. The maximum Gasteiger partial charge on any atom is 0.320 e. The van der Waals surface area contributed by atoms with Crippen LogP contribution in [0.25, 0.3) is 0 Å². The van der Waals surface area contributed by atoms with Gasteiger partial charge in [0.25, 0.3) is 0 Å². The van der Waals surface area contributed by atoms with Gasteiger partial charge in [-0.2, -0.15) is 0 Å². The SMILES string of the molecule is CCCCCCCCCCCC[Si]1(CCCCCCCCCCCC)O[Si](CCCCCCCCCCCC)(CCCCCCCCCCCC)O[Si](CCCCCCCCCCCC)(CCCCCCCCCCCC)O1. The molecule has 0 radical (unpaired) electrons. The third kappa shape index (κ3) is 46.9. The summed E-state index contributed by atoms with van der Waals surface area (Å²) in [4.78, 5) is 0. The van der Waals surface area contributed by atoms with Gasteiger partial charge in [0.2, 0.25) is 0 Å². The second-order valence-electron chi connectivity index (χ2n) is 26.6. The summed E-state index contributed by atoms with van der Waals surface area (Å²) in [5, 5.41) is 0. The molecule has 1 aliphatic heterocycles. The molecule has 1 fully saturated rings. The van der Waals surface area contributed by atoms with Gasteiger partial charge in [-0.3, -0.25) is 0 Å². The first kappa shape index (κ1) is 76.5. The monoisotopic (exact) mass is 1150 g/mol. The predicted molar refractivity (Wildman–Crippen MR) is 360 cm³/mol. The standard InChI is InChI=1S/C72H150O3Si3/c1-7-13-19-25-31-37-43-49-55-61-67-76(68-62-56-50-44-38-32-26-20-14-8-2)73-77(69-63-57-51-45-39-33-27-21-15-9-3,70-64-58-52-46-40-34-28-22-16-10-4)75-78(74-76,71-65-59-53-47-41-35-29-23-17-11-5)72-66-60-54-48-42-36-30-24-18-12-6/h7-72H2,1-6H3. The minimum Gasteiger partial charge on any atom is -0.415 e. The molecular formula is C72H150O3Si3. The molecule has 0 amide bonds. The Hall–Kier alpha value is 0.531. The van der Waals surface area contributed by atoms with E-state index in [2.05, 4.69) is 41.5 Å². The van der Waals surface area contributed by atoms with Crippen LogP contribution in [-0.2, 0) is 12.3 Å². The van der Waals surface area contributed by atoms with Crippen molar-refractivity contribution in [2.24, 2.45) is 0 Å². The summed E-state index contributed by atoms with van der Waals surface area (Å²) in [6.07, 6.45) is 84.5. The molecule has 0 unspecified atom stereocenters. The van der Waals surface area contributed by atoms with Crippen LogP contribution in [0.15, 0.2) is 0 Å². The van der Waals surface area contributed by atoms with Crippen LogP contribution >= 0.6 is 0 Å². The van der Waals surface area contributed by atoms with E-state index in [-0.39, 0.29) is 0 Å². The minimum atomic E-state index is -2.52. The lowest BCUT2D eigenvalue weighted by Gasteiger charge is -2.54. The summed E-state index contributed by atoms with van der Waals surface area (Å²) >= 11 is 0. The summed E-state index contributed by atoms with van der Waals surface area (Å²) in [6, 6.07) is 7.58. The second-order valence-corrected chi connectivity index (χ2v) is 37.5. The maximum absolute atomic E-state index is 8.31. The molecule has 3 nitrogen and oxygen atoms in total. The minimum absolute atomic E-state index is 1.26. The Morgan fingerprint density at radius 3 is 0.321 bits per heavy atom. The van der Waals surface area contributed by atoms with Gasteiger partial charge < -0.3 is 12.3 Å². The van der Waals surface area contributed by atoms with Crippen molar-refractivity contribution in [3.63, 3.8) is 0 Å². The van der Waals surface area contributed by atoms with E-state index in [4.69, 9.17) is 12.3 Å². The van der Waals surface area contributed by atoms with E-state index >= 15 is 0 Å². The van der Waals surface area contributed by atoms with Gasteiger partial charge in [0, 0.05) is 0 Å². The van der Waals surface area contributed by atoms with Gasteiger partial charge in [0.1, 0.15) is 0 Å². The van der Waals surface area contributed by atoms with Gasteiger partial charge in [0.05, 0.1) is 0 Å². The topological polar surface area (TPSA) is 27.7 Å². The number of rotatable bonds is 66. The van der Waals surface area contributed by atoms with Crippen LogP contribution in [0.4, 0.5) is 0 Å². The maximum atomic E-state index is 8.31. The summed E-state index contributed by atoms with van der Waals surface area (Å²) in [5.41, 5.74) is 0. The van der Waals surface area contributed by atoms with Crippen molar-refractivity contribution in [3.8, 4) is 0 Å². The molecule has 0 aromatic rings. The summed E-state index contributed by atoms with van der Waals surface area (Å²) in [5.74, 6) is 0. The van der Waals surface area contributed by atoms with E-state index in [1.54, 1.807) is 0 Å². The molecule has 0 bridgehead atoms. The molecule has 0 aliphatic carbocycles. The van der Waals surface area contributed by atoms with Crippen LogP contribution in [0.2, 0.25) is 36.3 Å². The van der Waals surface area contributed by atoms with Crippen molar-refractivity contribution in [2.75, 3.05) is 0 Å². The Labute approximate surface area is 498 Å². The average Bonchev–Trinajstić information content (AvgIpc) is 3.52. The van der Waals surface area contributed by atoms with Crippen molar-refractivity contribution in [1.29, 1.82) is 0 Å². The Balaban J connectivity index is 3.58. The smallest absolute Gasteiger partial charge is 0.320 e. The zero-order valence-corrected chi connectivity index (χ0v) is 58.4. The van der Waals surface area contributed by atoms with Gasteiger partial charge in [0.15, 0.2) is 0 Å². The van der Waals surface area contributed by atoms with Crippen LogP contribution in [0.5, 0.6) is 0 Å². The van der Waals surface area contributed by atoms with Gasteiger partial charge in [-0.15, -0.1) is 0 Å². The number of hydrogen-bond acceptors (Lipinski definition) is 3. The molecule has 6 heteroatoms. The largest absolute Gasteiger partial charge is 0.415 e. The zero-order chi connectivity index (χ0) is 56.3. The normalized spacial score (nSPS) is 15.0. The lowest BCUT2D eigenvalue weighted by Crippen LogP contribution is -2.70. The van der Waals surface area contributed by atoms with Crippen LogP contribution in [0.3, 0.4) is 0 Å². The van der Waals surface area contributed by atoms with Crippen LogP contribution in [-0.4, -0.2) is 25.7 Å². The van der Waals surface area contributed by atoms with Gasteiger partial charge in [-0.1, -0.05) is 427 Å². The molecule has 78 heavy (non-hydrogen) atoms.